The van der Waals surface area contributed by atoms with Gasteiger partial charge in [0.25, 0.3) is 5.91 Å². The smallest absolute Gasteiger partial charge is 0.250 e. The largest absolute Gasteiger partial charge is 0.273 e. The number of carbonyl (C=O) groups is 2. The number of aryl methyl sites for hydroxylation is 1. The van der Waals surface area contributed by atoms with Crippen LogP contribution in [0.15, 0.2) is 89.0 Å². The number of carbonyl (C=O) groups excluding carboxylic acids is 2. The summed E-state index contributed by atoms with van der Waals surface area (Å²) in [5, 5.41) is 5.35. The van der Waals surface area contributed by atoms with E-state index >= 15 is 0 Å². The summed E-state index contributed by atoms with van der Waals surface area (Å²) in [6.45, 7) is 1.99. The Bertz CT molecular complexity index is 1430. The second-order valence-electron chi connectivity index (χ2n) is 7.80. The Labute approximate surface area is 211 Å². The van der Waals surface area contributed by atoms with E-state index in [1.54, 1.807) is 0 Å². The molecule has 174 valence electrons. The average Bonchev–Trinajstić information content (AvgIpc) is 3.26. The molecular weight excluding hydrogens is 478 g/mol. The van der Waals surface area contributed by atoms with E-state index in [0.29, 0.717) is 10.2 Å². The predicted molar refractivity (Wildman–Crippen MR) is 142 cm³/mol. The molecule has 35 heavy (non-hydrogen) atoms. The SMILES string of the molecule is Cc1ccc(N2C(=O)CS/C2=N\NC(=O)CSc2nc3ccccc3nc2-c2ccccc2)cc1. The summed E-state index contributed by atoms with van der Waals surface area (Å²) in [4.78, 5) is 36.1. The van der Waals surface area contributed by atoms with Gasteiger partial charge in [0, 0.05) is 5.56 Å². The summed E-state index contributed by atoms with van der Waals surface area (Å²) in [5.41, 5.74) is 7.65. The fraction of sp³-hybridized carbons (Fsp3) is 0.115. The van der Waals surface area contributed by atoms with Crippen LogP contribution in [-0.4, -0.2) is 38.5 Å². The molecule has 0 spiro atoms. The Balaban J connectivity index is 1.32. The lowest BCUT2D eigenvalue weighted by molar-refractivity contribution is -0.118. The van der Waals surface area contributed by atoms with Crippen LogP contribution in [0.5, 0.6) is 0 Å². The highest BCUT2D eigenvalue weighted by molar-refractivity contribution is 8.15. The molecule has 0 radical (unpaired) electrons. The Morgan fingerprint density at radius 2 is 1.69 bits per heavy atom. The molecule has 5 rings (SSSR count). The van der Waals surface area contributed by atoms with E-state index in [0.717, 1.165) is 33.5 Å². The molecule has 1 N–H and O–H groups in total. The van der Waals surface area contributed by atoms with Crippen molar-refractivity contribution < 1.29 is 9.59 Å². The number of hydrogen-bond donors (Lipinski definition) is 1. The van der Waals surface area contributed by atoms with Crippen LogP contribution >= 0.6 is 23.5 Å². The first-order valence-electron chi connectivity index (χ1n) is 10.9. The highest BCUT2D eigenvalue weighted by atomic mass is 32.2. The number of aromatic nitrogens is 2. The Kier molecular flexibility index (Phi) is 6.78. The molecule has 0 saturated carbocycles. The van der Waals surface area contributed by atoms with Crippen molar-refractivity contribution in [1.82, 2.24) is 15.4 Å². The van der Waals surface area contributed by atoms with Gasteiger partial charge in [-0.15, -0.1) is 5.10 Å². The summed E-state index contributed by atoms with van der Waals surface area (Å²) < 4.78 is 0. The zero-order valence-corrected chi connectivity index (χ0v) is 20.5. The maximum absolute atomic E-state index is 12.7. The van der Waals surface area contributed by atoms with Gasteiger partial charge in [0.1, 0.15) is 10.7 Å². The average molecular weight is 500 g/mol. The number of nitrogens with zero attached hydrogens (tertiary/aromatic N) is 4. The predicted octanol–water partition coefficient (Wildman–Crippen LogP) is 4.86. The molecule has 0 unspecified atom stereocenters. The van der Waals surface area contributed by atoms with Crippen molar-refractivity contribution in [2.45, 2.75) is 11.9 Å². The van der Waals surface area contributed by atoms with Crippen LogP contribution in [0, 0.1) is 6.92 Å². The number of hydrazone groups is 1. The molecule has 1 fully saturated rings. The van der Waals surface area contributed by atoms with Crippen LogP contribution in [0.3, 0.4) is 0 Å². The van der Waals surface area contributed by atoms with Gasteiger partial charge in [-0.2, -0.15) is 0 Å². The first-order chi connectivity index (χ1) is 17.1. The molecule has 1 aliphatic heterocycles. The van der Waals surface area contributed by atoms with Gasteiger partial charge in [0.2, 0.25) is 5.91 Å². The molecule has 1 saturated heterocycles. The van der Waals surface area contributed by atoms with Crippen LogP contribution in [0.25, 0.3) is 22.3 Å². The third kappa shape index (κ3) is 5.21. The Morgan fingerprint density at radius 1 is 1.00 bits per heavy atom. The van der Waals surface area contributed by atoms with Gasteiger partial charge in [-0.1, -0.05) is 83.7 Å². The standard InChI is InChI=1S/C26H21N5O2S2/c1-17-11-13-19(14-12-17)31-23(33)16-35-26(31)30-29-22(32)15-34-25-24(18-7-3-2-4-8-18)27-20-9-5-6-10-21(20)28-25/h2-14H,15-16H2,1H3,(H,29,32)/b30-26-. The minimum atomic E-state index is -0.291. The third-order valence-corrected chi connectivity index (χ3v) is 7.15. The van der Waals surface area contributed by atoms with Gasteiger partial charge in [-0.05, 0) is 31.2 Å². The molecule has 1 aliphatic rings. The molecule has 1 aromatic heterocycles. The maximum atomic E-state index is 12.7. The topological polar surface area (TPSA) is 87.5 Å². The Hall–Kier alpha value is -3.69. The number of fused-ring (bicyclic) bond motifs is 1. The van der Waals surface area contributed by atoms with Crippen molar-refractivity contribution in [2.24, 2.45) is 5.10 Å². The maximum Gasteiger partial charge on any atom is 0.250 e. The van der Waals surface area contributed by atoms with Crippen molar-refractivity contribution in [3.8, 4) is 11.3 Å². The molecule has 9 heteroatoms. The summed E-state index contributed by atoms with van der Waals surface area (Å²) >= 11 is 2.60. The van der Waals surface area contributed by atoms with Gasteiger partial charge >= 0.3 is 0 Å². The first-order valence-corrected chi connectivity index (χ1v) is 12.9. The minimum Gasteiger partial charge on any atom is -0.273 e. The monoisotopic (exact) mass is 499 g/mol. The van der Waals surface area contributed by atoms with Crippen molar-refractivity contribution in [3.63, 3.8) is 0 Å². The highest BCUT2D eigenvalue weighted by Gasteiger charge is 2.30. The first kappa shape index (κ1) is 23.1. The summed E-state index contributed by atoms with van der Waals surface area (Å²) in [7, 11) is 0. The molecule has 0 aliphatic carbocycles. The van der Waals surface area contributed by atoms with Gasteiger partial charge < -0.3 is 0 Å². The van der Waals surface area contributed by atoms with Gasteiger partial charge in [0.15, 0.2) is 5.17 Å². The molecule has 2 amide bonds. The van der Waals surface area contributed by atoms with E-state index in [-0.39, 0.29) is 23.3 Å². The molecule has 7 nitrogen and oxygen atoms in total. The molecule has 0 bridgehead atoms. The number of para-hydroxylation sites is 2. The molecule has 4 aromatic rings. The number of rotatable bonds is 6. The van der Waals surface area contributed by atoms with Crippen LogP contribution in [-0.2, 0) is 9.59 Å². The summed E-state index contributed by atoms with van der Waals surface area (Å²) in [6.07, 6.45) is 0. The number of hydrogen-bond acceptors (Lipinski definition) is 7. The van der Waals surface area contributed by atoms with Gasteiger partial charge in [0.05, 0.1) is 28.2 Å². The third-order valence-electron chi connectivity index (χ3n) is 5.26. The van der Waals surface area contributed by atoms with Gasteiger partial charge in [-0.3, -0.25) is 14.5 Å². The van der Waals surface area contributed by atoms with E-state index in [2.05, 4.69) is 10.5 Å². The second-order valence-corrected chi connectivity index (χ2v) is 9.71. The number of benzene rings is 3. The number of amidine groups is 1. The zero-order valence-electron chi connectivity index (χ0n) is 18.8. The van der Waals surface area contributed by atoms with Crippen molar-refractivity contribution in [2.75, 3.05) is 16.4 Å². The van der Waals surface area contributed by atoms with E-state index in [1.807, 2.05) is 85.8 Å². The van der Waals surface area contributed by atoms with Crippen molar-refractivity contribution >= 4 is 57.2 Å². The quantitative estimate of drug-likeness (QED) is 0.301. The summed E-state index contributed by atoms with van der Waals surface area (Å²) in [6, 6.07) is 25.1. The number of amides is 2. The van der Waals surface area contributed by atoms with E-state index in [9.17, 15) is 9.59 Å². The lowest BCUT2D eigenvalue weighted by atomic mass is 10.1. The van der Waals surface area contributed by atoms with E-state index in [4.69, 9.17) is 9.97 Å². The van der Waals surface area contributed by atoms with Crippen LogP contribution < -0.4 is 10.3 Å². The fourth-order valence-electron chi connectivity index (χ4n) is 3.54. The highest BCUT2D eigenvalue weighted by Crippen LogP contribution is 2.30. The lowest BCUT2D eigenvalue weighted by Gasteiger charge is -2.16. The van der Waals surface area contributed by atoms with Crippen LogP contribution in [0.1, 0.15) is 5.56 Å². The molecular formula is C26H21N5O2S2. The fourth-order valence-corrected chi connectivity index (χ4v) is 5.16. The minimum absolute atomic E-state index is 0.0693. The summed E-state index contributed by atoms with van der Waals surface area (Å²) in [5.74, 6) is 0.0254. The van der Waals surface area contributed by atoms with Crippen LogP contribution in [0.2, 0.25) is 0 Å². The zero-order chi connectivity index (χ0) is 24.2. The second kappa shape index (κ2) is 10.3. The van der Waals surface area contributed by atoms with Crippen molar-refractivity contribution in [1.29, 1.82) is 0 Å². The van der Waals surface area contributed by atoms with E-state index < -0.39 is 0 Å². The number of thioether (sulfide) groups is 2. The van der Waals surface area contributed by atoms with Crippen LogP contribution in [0.4, 0.5) is 5.69 Å². The Morgan fingerprint density at radius 3 is 2.43 bits per heavy atom. The van der Waals surface area contributed by atoms with Gasteiger partial charge in [-0.25, -0.2) is 15.4 Å². The number of anilines is 1. The molecule has 2 heterocycles. The number of nitrogens with one attached hydrogen (secondary N) is 1. The van der Waals surface area contributed by atoms with Crippen molar-refractivity contribution in [3.05, 3.63) is 84.4 Å². The molecule has 0 atom stereocenters. The lowest BCUT2D eigenvalue weighted by Crippen LogP contribution is -2.31. The normalized spacial score (nSPS) is 14.6. The van der Waals surface area contributed by atoms with E-state index in [1.165, 1.54) is 28.4 Å². The molecule has 3 aromatic carbocycles.